The van der Waals surface area contributed by atoms with Gasteiger partial charge in [0.2, 0.25) is 5.89 Å². The zero-order valence-corrected chi connectivity index (χ0v) is 17.0. The molecule has 0 N–H and O–H groups in total. The van der Waals surface area contributed by atoms with Gasteiger partial charge in [0.25, 0.3) is 0 Å². The van der Waals surface area contributed by atoms with Crippen molar-refractivity contribution in [2.45, 2.75) is 52.4 Å². The first kappa shape index (κ1) is 17.2. The molecule has 2 aromatic carbocycles. The number of oxazole rings is 1. The highest BCUT2D eigenvalue weighted by Crippen LogP contribution is 2.35. The van der Waals surface area contributed by atoms with E-state index in [2.05, 4.69) is 76.9 Å². The summed E-state index contributed by atoms with van der Waals surface area (Å²) in [5.41, 5.74) is 5.24. The van der Waals surface area contributed by atoms with Gasteiger partial charge in [0.05, 0.1) is 10.2 Å². The molecule has 3 nitrogen and oxygen atoms in total. The monoisotopic (exact) mass is 364 g/mol. The maximum Gasteiger partial charge on any atom is 0.200 e. The van der Waals surface area contributed by atoms with Crippen LogP contribution in [0.1, 0.15) is 53.0 Å². The Balaban J connectivity index is 1.76. The Kier molecular flexibility index (Phi) is 3.74. The number of nitrogens with zero attached hydrogens (tertiary/aromatic N) is 2. The first-order chi connectivity index (χ1) is 12.1. The zero-order chi connectivity index (χ0) is 18.7. The van der Waals surface area contributed by atoms with Gasteiger partial charge in [0.1, 0.15) is 10.5 Å². The predicted octanol–water partition coefficient (Wildman–Crippen LogP) is 6.70. The van der Waals surface area contributed by atoms with E-state index in [1.54, 1.807) is 11.3 Å². The molecule has 0 saturated heterocycles. The first-order valence-corrected chi connectivity index (χ1v) is 9.75. The number of aromatic nitrogens is 2. The average molecular weight is 365 g/mol. The van der Waals surface area contributed by atoms with Crippen LogP contribution in [0.2, 0.25) is 0 Å². The van der Waals surface area contributed by atoms with Crippen molar-refractivity contribution in [3.05, 3.63) is 47.9 Å². The van der Waals surface area contributed by atoms with Crippen molar-refractivity contribution in [2.75, 3.05) is 0 Å². The summed E-state index contributed by atoms with van der Waals surface area (Å²) in [4.78, 5) is 9.49. The smallest absolute Gasteiger partial charge is 0.200 e. The van der Waals surface area contributed by atoms with Gasteiger partial charge in [-0.2, -0.15) is 0 Å². The van der Waals surface area contributed by atoms with Gasteiger partial charge in [0.15, 0.2) is 5.58 Å². The summed E-state index contributed by atoms with van der Waals surface area (Å²) < 4.78 is 7.11. The van der Waals surface area contributed by atoms with E-state index in [0.29, 0.717) is 0 Å². The molecule has 0 radical (unpaired) electrons. The summed E-state index contributed by atoms with van der Waals surface area (Å²) in [6, 6.07) is 12.8. The van der Waals surface area contributed by atoms with Crippen LogP contribution in [0, 0.1) is 0 Å². The highest BCUT2D eigenvalue weighted by atomic mass is 32.1. The van der Waals surface area contributed by atoms with Gasteiger partial charge in [0, 0.05) is 17.0 Å². The molecule has 0 aliphatic carbocycles. The molecule has 4 rings (SSSR count). The number of thiazole rings is 1. The van der Waals surface area contributed by atoms with E-state index in [4.69, 9.17) is 9.40 Å². The second-order valence-corrected chi connectivity index (χ2v) is 9.93. The van der Waals surface area contributed by atoms with E-state index in [1.807, 2.05) is 6.07 Å². The fourth-order valence-corrected chi connectivity index (χ4v) is 3.89. The second-order valence-electron chi connectivity index (χ2n) is 8.90. The molecule has 0 aliphatic heterocycles. The molecule has 0 fully saturated rings. The Labute approximate surface area is 158 Å². The molecule has 0 atom stereocenters. The lowest BCUT2D eigenvalue weighted by Gasteiger charge is -2.18. The van der Waals surface area contributed by atoms with E-state index in [0.717, 1.165) is 37.8 Å². The van der Waals surface area contributed by atoms with Crippen LogP contribution in [-0.2, 0) is 10.8 Å². The molecule has 26 heavy (non-hydrogen) atoms. The lowest BCUT2D eigenvalue weighted by atomic mass is 9.87. The first-order valence-electron chi connectivity index (χ1n) is 8.94. The van der Waals surface area contributed by atoms with Crippen LogP contribution in [0.3, 0.4) is 0 Å². The average Bonchev–Trinajstić information content (AvgIpc) is 3.14. The summed E-state index contributed by atoms with van der Waals surface area (Å²) >= 11 is 1.70. The van der Waals surface area contributed by atoms with Crippen molar-refractivity contribution >= 4 is 32.7 Å². The van der Waals surface area contributed by atoms with Crippen LogP contribution in [0.15, 0.2) is 40.8 Å². The van der Waals surface area contributed by atoms with Crippen molar-refractivity contribution in [2.24, 2.45) is 0 Å². The van der Waals surface area contributed by atoms with E-state index in [1.165, 1.54) is 5.56 Å². The van der Waals surface area contributed by atoms with Crippen LogP contribution in [0.4, 0.5) is 0 Å². The van der Waals surface area contributed by atoms with E-state index >= 15 is 0 Å². The number of hydrogen-bond donors (Lipinski definition) is 0. The van der Waals surface area contributed by atoms with Crippen molar-refractivity contribution in [3.8, 4) is 10.6 Å². The zero-order valence-electron chi connectivity index (χ0n) is 16.2. The van der Waals surface area contributed by atoms with Crippen molar-refractivity contribution < 1.29 is 4.42 Å². The molecule has 0 spiro atoms. The van der Waals surface area contributed by atoms with E-state index < -0.39 is 0 Å². The molecule has 0 aliphatic rings. The summed E-state index contributed by atoms with van der Waals surface area (Å²) in [7, 11) is 0. The molecule has 4 aromatic rings. The third-order valence-corrected chi connectivity index (χ3v) is 5.60. The Bertz CT molecular complexity index is 1040. The summed E-state index contributed by atoms with van der Waals surface area (Å²) in [5.74, 6) is 0.767. The topological polar surface area (TPSA) is 38.9 Å². The third kappa shape index (κ3) is 3.03. The second kappa shape index (κ2) is 5.65. The highest BCUT2D eigenvalue weighted by Gasteiger charge is 2.21. The highest BCUT2D eigenvalue weighted by molar-refractivity contribution is 7.21. The SMILES string of the molecule is CC(C)(C)c1ccc(-c2nc3cc4nc(C(C)(C)C)oc4cc3s2)cc1. The number of hydrogen-bond acceptors (Lipinski definition) is 4. The Hall–Kier alpha value is -2.20. The van der Waals surface area contributed by atoms with Crippen molar-refractivity contribution in [1.82, 2.24) is 9.97 Å². The summed E-state index contributed by atoms with van der Waals surface area (Å²) in [5, 5.41) is 1.03. The molecule has 2 heterocycles. The Morgan fingerprint density at radius 1 is 0.808 bits per heavy atom. The van der Waals surface area contributed by atoms with Crippen LogP contribution >= 0.6 is 11.3 Å². The van der Waals surface area contributed by atoms with Crippen molar-refractivity contribution in [3.63, 3.8) is 0 Å². The van der Waals surface area contributed by atoms with Gasteiger partial charge in [-0.1, -0.05) is 65.8 Å². The number of fused-ring (bicyclic) bond motifs is 2. The van der Waals surface area contributed by atoms with E-state index in [9.17, 15) is 0 Å². The molecule has 0 amide bonds. The fourth-order valence-electron chi connectivity index (χ4n) is 2.91. The van der Waals surface area contributed by atoms with E-state index in [-0.39, 0.29) is 10.8 Å². The lowest BCUT2D eigenvalue weighted by Crippen LogP contribution is -2.10. The molecule has 134 valence electrons. The van der Waals surface area contributed by atoms with Crippen LogP contribution in [0.25, 0.3) is 31.9 Å². The fraction of sp³-hybridized carbons (Fsp3) is 0.364. The normalized spacial score (nSPS) is 13.0. The standard InChI is InChI=1S/C22H24N2OS/c1-21(2,3)14-9-7-13(8-10-14)19-23-16-11-15-17(12-18(16)26-19)25-20(24-15)22(4,5)6/h7-12H,1-6H3. The molecule has 2 aromatic heterocycles. The minimum atomic E-state index is -0.0974. The maximum atomic E-state index is 5.98. The minimum absolute atomic E-state index is 0.0974. The van der Waals surface area contributed by atoms with Gasteiger partial charge in [-0.25, -0.2) is 9.97 Å². The van der Waals surface area contributed by atoms with Gasteiger partial charge >= 0.3 is 0 Å². The third-order valence-electron chi connectivity index (χ3n) is 4.54. The molecule has 0 unspecified atom stereocenters. The minimum Gasteiger partial charge on any atom is -0.440 e. The molecular formula is C22H24N2OS. The quantitative estimate of drug-likeness (QED) is 0.377. The Morgan fingerprint density at radius 3 is 2.12 bits per heavy atom. The van der Waals surface area contributed by atoms with Gasteiger partial charge < -0.3 is 4.42 Å². The predicted molar refractivity (Wildman–Crippen MR) is 110 cm³/mol. The van der Waals surface area contributed by atoms with Crippen LogP contribution < -0.4 is 0 Å². The molecule has 0 saturated carbocycles. The van der Waals surface area contributed by atoms with Crippen molar-refractivity contribution in [1.29, 1.82) is 0 Å². The van der Waals surface area contributed by atoms with Crippen LogP contribution in [-0.4, -0.2) is 9.97 Å². The number of benzene rings is 2. The Morgan fingerprint density at radius 2 is 1.50 bits per heavy atom. The number of rotatable bonds is 1. The summed E-state index contributed by atoms with van der Waals surface area (Å²) in [6.07, 6.45) is 0. The summed E-state index contributed by atoms with van der Waals surface area (Å²) in [6.45, 7) is 13.0. The molecule has 0 bridgehead atoms. The lowest BCUT2D eigenvalue weighted by molar-refractivity contribution is 0.411. The largest absolute Gasteiger partial charge is 0.440 e. The maximum absolute atomic E-state index is 5.98. The van der Waals surface area contributed by atoms with Gasteiger partial charge in [-0.05, 0) is 17.0 Å². The van der Waals surface area contributed by atoms with Gasteiger partial charge in [-0.15, -0.1) is 11.3 Å². The van der Waals surface area contributed by atoms with Crippen LogP contribution in [0.5, 0.6) is 0 Å². The molecular weight excluding hydrogens is 340 g/mol. The molecule has 4 heteroatoms. The van der Waals surface area contributed by atoms with Gasteiger partial charge in [-0.3, -0.25) is 0 Å².